The summed E-state index contributed by atoms with van der Waals surface area (Å²) in [7, 11) is 0. The maximum absolute atomic E-state index is 9.45. The maximum Gasteiger partial charge on any atom is 0.157 e. The van der Waals surface area contributed by atoms with Crippen LogP contribution >= 0.6 is 0 Å². The van der Waals surface area contributed by atoms with Crippen molar-refractivity contribution in [2.75, 3.05) is 5.32 Å². The molecule has 102 valence electrons. The van der Waals surface area contributed by atoms with Crippen LogP contribution in [0.3, 0.4) is 0 Å². The Morgan fingerprint density at radius 3 is 2.75 bits per heavy atom. The molecule has 1 aromatic heterocycles. The number of phenolic OH excluding ortho intramolecular Hbond substituents is 2. The van der Waals surface area contributed by atoms with E-state index in [9.17, 15) is 10.2 Å². The standard InChI is InChI=1S/C15H15N3O2/c1-9-17-12-4-3-11(7-13(12)18-9)16-8-10-2-5-14(19)15(20)6-10/h2-7,16,19-20H,8H2,1H3,(H,17,18). The lowest BCUT2D eigenvalue weighted by Gasteiger charge is -2.07. The summed E-state index contributed by atoms with van der Waals surface area (Å²) in [5, 5.41) is 22.0. The zero-order valence-corrected chi connectivity index (χ0v) is 11.0. The quantitative estimate of drug-likeness (QED) is 0.551. The molecule has 0 spiro atoms. The summed E-state index contributed by atoms with van der Waals surface area (Å²) in [6.07, 6.45) is 0. The molecule has 0 radical (unpaired) electrons. The fourth-order valence-corrected chi connectivity index (χ4v) is 2.13. The highest BCUT2D eigenvalue weighted by Gasteiger charge is 2.03. The van der Waals surface area contributed by atoms with Crippen LogP contribution in [0.2, 0.25) is 0 Å². The van der Waals surface area contributed by atoms with E-state index in [1.807, 2.05) is 25.1 Å². The van der Waals surface area contributed by atoms with Crippen LogP contribution in [-0.2, 0) is 6.54 Å². The van der Waals surface area contributed by atoms with E-state index in [0.717, 1.165) is 28.1 Å². The minimum Gasteiger partial charge on any atom is -0.504 e. The minimum atomic E-state index is -0.108. The van der Waals surface area contributed by atoms with Crippen molar-refractivity contribution in [2.45, 2.75) is 13.5 Å². The predicted molar refractivity (Wildman–Crippen MR) is 77.9 cm³/mol. The lowest BCUT2D eigenvalue weighted by Crippen LogP contribution is -1.98. The molecule has 3 rings (SSSR count). The largest absolute Gasteiger partial charge is 0.504 e. The van der Waals surface area contributed by atoms with Crippen molar-refractivity contribution in [3.05, 3.63) is 47.8 Å². The van der Waals surface area contributed by atoms with Gasteiger partial charge < -0.3 is 20.5 Å². The van der Waals surface area contributed by atoms with Crippen LogP contribution in [0.5, 0.6) is 11.5 Å². The van der Waals surface area contributed by atoms with Crippen molar-refractivity contribution in [3.63, 3.8) is 0 Å². The normalized spacial score (nSPS) is 10.8. The number of hydrogen-bond acceptors (Lipinski definition) is 4. The summed E-state index contributed by atoms with van der Waals surface area (Å²) in [5.74, 6) is 0.674. The third-order valence-corrected chi connectivity index (χ3v) is 3.14. The Hall–Kier alpha value is -2.69. The van der Waals surface area contributed by atoms with Crippen LogP contribution in [-0.4, -0.2) is 20.2 Å². The number of aromatic hydroxyl groups is 2. The number of nitrogens with one attached hydrogen (secondary N) is 2. The molecule has 0 fully saturated rings. The zero-order valence-electron chi connectivity index (χ0n) is 11.0. The first kappa shape index (κ1) is 12.3. The molecule has 4 N–H and O–H groups in total. The summed E-state index contributed by atoms with van der Waals surface area (Å²) in [6.45, 7) is 2.48. The highest BCUT2D eigenvalue weighted by molar-refractivity contribution is 5.79. The smallest absolute Gasteiger partial charge is 0.157 e. The molecule has 3 aromatic rings. The zero-order chi connectivity index (χ0) is 14.1. The van der Waals surface area contributed by atoms with Gasteiger partial charge in [-0.2, -0.15) is 0 Å². The van der Waals surface area contributed by atoms with Crippen LogP contribution in [0.25, 0.3) is 11.0 Å². The first-order valence-corrected chi connectivity index (χ1v) is 6.33. The Labute approximate surface area is 115 Å². The highest BCUT2D eigenvalue weighted by atomic mass is 16.3. The molecule has 5 heteroatoms. The average Bonchev–Trinajstić information content (AvgIpc) is 2.79. The van der Waals surface area contributed by atoms with E-state index in [0.29, 0.717) is 6.54 Å². The number of aryl methyl sites for hydroxylation is 1. The second kappa shape index (κ2) is 4.77. The Balaban J connectivity index is 1.77. The Morgan fingerprint density at radius 1 is 1.10 bits per heavy atom. The molecule has 0 saturated carbocycles. The Morgan fingerprint density at radius 2 is 1.95 bits per heavy atom. The number of H-pyrrole nitrogens is 1. The van der Waals surface area contributed by atoms with Gasteiger partial charge in [0.1, 0.15) is 5.82 Å². The summed E-state index contributed by atoms with van der Waals surface area (Å²) < 4.78 is 0. The van der Waals surface area contributed by atoms with Crippen molar-refractivity contribution < 1.29 is 10.2 Å². The van der Waals surface area contributed by atoms with E-state index in [4.69, 9.17) is 0 Å². The second-order valence-electron chi connectivity index (χ2n) is 4.73. The Kier molecular flexibility index (Phi) is 2.95. The van der Waals surface area contributed by atoms with E-state index < -0.39 is 0 Å². The van der Waals surface area contributed by atoms with Gasteiger partial charge in [-0.1, -0.05) is 6.07 Å². The van der Waals surface area contributed by atoms with Crippen molar-refractivity contribution >= 4 is 16.7 Å². The van der Waals surface area contributed by atoms with Gasteiger partial charge in [-0.3, -0.25) is 0 Å². The molecule has 20 heavy (non-hydrogen) atoms. The summed E-state index contributed by atoms with van der Waals surface area (Å²) in [4.78, 5) is 7.54. The molecule has 0 aliphatic rings. The predicted octanol–water partition coefficient (Wildman–Crippen LogP) is 2.89. The molecule has 0 amide bonds. The number of benzene rings is 2. The number of phenols is 2. The van der Waals surface area contributed by atoms with Gasteiger partial charge in [0.25, 0.3) is 0 Å². The van der Waals surface area contributed by atoms with Gasteiger partial charge in [0.05, 0.1) is 11.0 Å². The van der Waals surface area contributed by atoms with Gasteiger partial charge in [0.15, 0.2) is 11.5 Å². The molecule has 0 bridgehead atoms. The van der Waals surface area contributed by atoms with Gasteiger partial charge in [0.2, 0.25) is 0 Å². The number of nitrogens with zero attached hydrogens (tertiary/aromatic N) is 1. The third kappa shape index (κ3) is 2.38. The molecule has 2 aromatic carbocycles. The first-order chi connectivity index (χ1) is 9.61. The van der Waals surface area contributed by atoms with Gasteiger partial charge in [-0.15, -0.1) is 0 Å². The monoisotopic (exact) mass is 269 g/mol. The molecule has 5 nitrogen and oxygen atoms in total. The van der Waals surface area contributed by atoms with E-state index >= 15 is 0 Å². The van der Waals surface area contributed by atoms with Gasteiger partial charge in [-0.25, -0.2) is 4.98 Å². The molecule has 1 heterocycles. The highest BCUT2D eigenvalue weighted by Crippen LogP contribution is 2.25. The van der Waals surface area contributed by atoms with Gasteiger partial charge in [0, 0.05) is 12.2 Å². The van der Waals surface area contributed by atoms with Crippen molar-refractivity contribution in [2.24, 2.45) is 0 Å². The van der Waals surface area contributed by atoms with Crippen LogP contribution in [0.4, 0.5) is 5.69 Å². The van der Waals surface area contributed by atoms with Crippen LogP contribution in [0.15, 0.2) is 36.4 Å². The first-order valence-electron chi connectivity index (χ1n) is 6.33. The SMILES string of the molecule is Cc1nc2ccc(NCc3ccc(O)c(O)c3)cc2[nH]1. The lowest BCUT2D eigenvalue weighted by atomic mass is 10.2. The second-order valence-corrected chi connectivity index (χ2v) is 4.73. The number of fused-ring (bicyclic) bond motifs is 1. The van der Waals surface area contributed by atoms with Gasteiger partial charge >= 0.3 is 0 Å². The van der Waals surface area contributed by atoms with E-state index in [2.05, 4.69) is 15.3 Å². The fourth-order valence-electron chi connectivity index (χ4n) is 2.13. The number of aromatic amines is 1. The molecular formula is C15H15N3O2. The van der Waals surface area contributed by atoms with Crippen LogP contribution in [0.1, 0.15) is 11.4 Å². The summed E-state index contributed by atoms with van der Waals surface area (Å²) in [5.41, 5.74) is 3.78. The fraction of sp³-hybridized carbons (Fsp3) is 0.133. The molecule has 0 unspecified atom stereocenters. The number of hydrogen-bond donors (Lipinski definition) is 4. The Bertz CT molecular complexity index is 765. The van der Waals surface area contributed by atoms with Crippen LogP contribution < -0.4 is 5.32 Å². The van der Waals surface area contributed by atoms with Crippen molar-refractivity contribution in [1.82, 2.24) is 9.97 Å². The van der Waals surface area contributed by atoms with E-state index in [1.54, 1.807) is 12.1 Å². The number of imidazole rings is 1. The maximum atomic E-state index is 9.45. The number of anilines is 1. The summed E-state index contributed by atoms with van der Waals surface area (Å²) >= 11 is 0. The third-order valence-electron chi connectivity index (χ3n) is 3.14. The van der Waals surface area contributed by atoms with Crippen molar-refractivity contribution in [1.29, 1.82) is 0 Å². The van der Waals surface area contributed by atoms with E-state index in [1.165, 1.54) is 6.07 Å². The van der Waals surface area contributed by atoms with Crippen LogP contribution in [0, 0.1) is 6.92 Å². The minimum absolute atomic E-state index is 0.107. The lowest BCUT2D eigenvalue weighted by molar-refractivity contribution is 0.403. The number of rotatable bonds is 3. The van der Waals surface area contributed by atoms with E-state index in [-0.39, 0.29) is 11.5 Å². The molecule has 0 aliphatic heterocycles. The number of aromatic nitrogens is 2. The average molecular weight is 269 g/mol. The summed E-state index contributed by atoms with van der Waals surface area (Å²) in [6, 6.07) is 10.7. The molecular weight excluding hydrogens is 254 g/mol. The molecule has 0 atom stereocenters. The van der Waals surface area contributed by atoms with Gasteiger partial charge in [-0.05, 0) is 42.8 Å². The molecule has 0 saturated heterocycles. The topological polar surface area (TPSA) is 81.2 Å². The molecule has 0 aliphatic carbocycles. The van der Waals surface area contributed by atoms with Crippen molar-refractivity contribution in [3.8, 4) is 11.5 Å².